The first-order valence-electron chi connectivity index (χ1n) is 8.21. The van der Waals surface area contributed by atoms with Gasteiger partial charge in [-0.1, -0.05) is 6.42 Å². The summed E-state index contributed by atoms with van der Waals surface area (Å²) in [6, 6.07) is 0.400. The summed E-state index contributed by atoms with van der Waals surface area (Å²) in [6.45, 7) is 0. The van der Waals surface area contributed by atoms with Crippen LogP contribution in [-0.4, -0.2) is 35.8 Å². The van der Waals surface area contributed by atoms with E-state index >= 15 is 0 Å². The van der Waals surface area contributed by atoms with Crippen molar-refractivity contribution in [3.8, 4) is 0 Å². The Bertz CT molecular complexity index is 450. The van der Waals surface area contributed by atoms with E-state index < -0.39 is 0 Å². The molecule has 2 bridgehead atoms. The lowest BCUT2D eigenvalue weighted by Crippen LogP contribution is -2.55. The Morgan fingerprint density at radius 2 is 1.85 bits per heavy atom. The topological polar surface area (TPSA) is 49.4 Å². The Labute approximate surface area is 120 Å². The summed E-state index contributed by atoms with van der Waals surface area (Å²) in [7, 11) is 1.62. The zero-order valence-electron chi connectivity index (χ0n) is 12.2. The van der Waals surface area contributed by atoms with Crippen LogP contribution in [0.3, 0.4) is 0 Å². The van der Waals surface area contributed by atoms with Crippen molar-refractivity contribution < 1.29 is 9.59 Å². The fourth-order valence-corrected chi connectivity index (χ4v) is 5.59. The highest BCUT2D eigenvalue weighted by Gasteiger charge is 2.54. The molecule has 0 spiro atoms. The fraction of sp³-hybridized carbons (Fsp3) is 0.875. The molecule has 6 unspecified atom stereocenters. The molecule has 1 N–H and O–H groups in total. The van der Waals surface area contributed by atoms with Crippen LogP contribution in [0.4, 0.5) is 0 Å². The van der Waals surface area contributed by atoms with Gasteiger partial charge in [0.25, 0.3) is 0 Å². The summed E-state index contributed by atoms with van der Waals surface area (Å²) in [5.74, 6) is 3.56. The molecule has 4 rings (SSSR count). The van der Waals surface area contributed by atoms with Crippen LogP contribution in [-0.2, 0) is 9.59 Å². The van der Waals surface area contributed by atoms with Crippen molar-refractivity contribution in [1.29, 1.82) is 0 Å². The molecule has 4 heteroatoms. The molecule has 4 fully saturated rings. The molecular weight excluding hydrogens is 252 g/mol. The molecule has 110 valence electrons. The van der Waals surface area contributed by atoms with Gasteiger partial charge in [-0.05, 0) is 55.8 Å². The largest absolute Gasteiger partial charge is 0.303 e. The lowest BCUT2D eigenvalue weighted by atomic mass is 9.78. The molecule has 3 saturated carbocycles. The van der Waals surface area contributed by atoms with E-state index in [2.05, 4.69) is 5.32 Å². The van der Waals surface area contributed by atoms with E-state index in [4.69, 9.17) is 0 Å². The van der Waals surface area contributed by atoms with Crippen molar-refractivity contribution in [1.82, 2.24) is 10.2 Å². The Hall–Kier alpha value is -0.900. The zero-order chi connectivity index (χ0) is 13.9. The van der Waals surface area contributed by atoms with E-state index in [1.807, 2.05) is 0 Å². The summed E-state index contributed by atoms with van der Waals surface area (Å²) < 4.78 is 0. The Balaban J connectivity index is 1.43. The number of carbonyl (C=O) groups is 2. The molecule has 1 saturated heterocycles. The van der Waals surface area contributed by atoms with Crippen LogP contribution < -0.4 is 5.32 Å². The van der Waals surface area contributed by atoms with Gasteiger partial charge in [-0.25, -0.2) is 0 Å². The van der Waals surface area contributed by atoms with Gasteiger partial charge in [0.2, 0.25) is 11.8 Å². The van der Waals surface area contributed by atoms with Crippen LogP contribution >= 0.6 is 0 Å². The van der Waals surface area contributed by atoms with Crippen molar-refractivity contribution in [2.45, 2.75) is 57.0 Å². The minimum atomic E-state index is -0.123. The van der Waals surface area contributed by atoms with Crippen LogP contribution in [0.5, 0.6) is 0 Å². The molecule has 0 radical (unpaired) electrons. The Morgan fingerprint density at radius 1 is 1.05 bits per heavy atom. The fourth-order valence-electron chi connectivity index (χ4n) is 5.59. The number of carbonyl (C=O) groups excluding carboxylic acids is 2. The highest BCUT2D eigenvalue weighted by molar-refractivity contribution is 6.00. The monoisotopic (exact) mass is 276 g/mol. The second-order valence-electron chi connectivity index (χ2n) is 7.31. The molecule has 3 aliphatic carbocycles. The third-order valence-electron chi connectivity index (χ3n) is 6.49. The summed E-state index contributed by atoms with van der Waals surface area (Å²) in [5.41, 5.74) is 0. The van der Waals surface area contributed by atoms with E-state index in [-0.39, 0.29) is 17.9 Å². The average Bonchev–Trinajstić information content (AvgIpc) is 3.11. The smallest absolute Gasteiger partial charge is 0.246 e. The SMILES string of the molecule is CN1C(=O)CCC(NC2CC3CC2C2CCCC32)C1=O. The molecular formula is C16H24N2O2. The highest BCUT2D eigenvalue weighted by Crippen LogP contribution is 2.58. The summed E-state index contributed by atoms with van der Waals surface area (Å²) in [5, 5.41) is 3.62. The Morgan fingerprint density at radius 3 is 2.70 bits per heavy atom. The number of nitrogens with zero attached hydrogens (tertiary/aromatic N) is 1. The van der Waals surface area contributed by atoms with Gasteiger partial charge in [-0.3, -0.25) is 14.5 Å². The molecule has 20 heavy (non-hydrogen) atoms. The maximum absolute atomic E-state index is 12.2. The number of imide groups is 1. The molecule has 1 aliphatic heterocycles. The highest BCUT2D eigenvalue weighted by atomic mass is 16.2. The van der Waals surface area contributed by atoms with Gasteiger partial charge in [0.1, 0.15) is 0 Å². The van der Waals surface area contributed by atoms with Crippen LogP contribution in [0, 0.1) is 23.7 Å². The lowest BCUT2D eigenvalue weighted by molar-refractivity contribution is -0.148. The predicted octanol–water partition coefficient (Wildman–Crippen LogP) is 1.55. The first-order chi connectivity index (χ1) is 9.65. The van der Waals surface area contributed by atoms with Crippen molar-refractivity contribution in [2.75, 3.05) is 7.05 Å². The number of likely N-dealkylation sites (N-methyl/N-ethyl adjacent to an activating group) is 1. The molecule has 0 aromatic rings. The number of amides is 2. The average molecular weight is 276 g/mol. The van der Waals surface area contributed by atoms with Gasteiger partial charge in [0, 0.05) is 19.5 Å². The quantitative estimate of drug-likeness (QED) is 0.779. The van der Waals surface area contributed by atoms with E-state index in [1.165, 1.54) is 37.0 Å². The number of piperidine rings is 1. The molecule has 2 amide bonds. The third kappa shape index (κ3) is 1.77. The van der Waals surface area contributed by atoms with Gasteiger partial charge in [0.15, 0.2) is 0 Å². The number of nitrogens with one attached hydrogen (secondary N) is 1. The number of likely N-dealkylation sites (tertiary alicyclic amines) is 1. The van der Waals surface area contributed by atoms with E-state index in [0.717, 1.165) is 23.7 Å². The molecule has 4 aliphatic rings. The first kappa shape index (κ1) is 12.8. The van der Waals surface area contributed by atoms with Crippen LogP contribution in [0.2, 0.25) is 0 Å². The first-order valence-corrected chi connectivity index (χ1v) is 8.21. The standard InChI is InChI=1S/C16H24N2O2/c1-18-15(19)6-5-13(16(18)20)17-14-8-9-7-12(14)11-4-2-3-10(9)11/h9-14,17H,2-8H2,1H3. The van der Waals surface area contributed by atoms with Crippen LogP contribution in [0.15, 0.2) is 0 Å². The van der Waals surface area contributed by atoms with Gasteiger partial charge >= 0.3 is 0 Å². The second kappa shape index (κ2) is 4.55. The second-order valence-corrected chi connectivity index (χ2v) is 7.31. The zero-order valence-corrected chi connectivity index (χ0v) is 12.2. The van der Waals surface area contributed by atoms with E-state index in [0.29, 0.717) is 18.9 Å². The number of hydrogen-bond acceptors (Lipinski definition) is 3. The van der Waals surface area contributed by atoms with E-state index in [1.54, 1.807) is 7.05 Å². The third-order valence-corrected chi connectivity index (χ3v) is 6.49. The molecule has 4 nitrogen and oxygen atoms in total. The minimum Gasteiger partial charge on any atom is -0.303 e. The molecule has 0 aromatic heterocycles. The normalized spacial score (nSPS) is 47.1. The van der Waals surface area contributed by atoms with Crippen LogP contribution in [0.1, 0.15) is 44.9 Å². The van der Waals surface area contributed by atoms with Crippen molar-refractivity contribution in [3.05, 3.63) is 0 Å². The number of rotatable bonds is 2. The van der Waals surface area contributed by atoms with Gasteiger partial charge in [-0.2, -0.15) is 0 Å². The minimum absolute atomic E-state index is 0.0213. The van der Waals surface area contributed by atoms with E-state index in [9.17, 15) is 9.59 Å². The molecule has 0 aromatic carbocycles. The number of hydrogen-bond donors (Lipinski definition) is 1. The van der Waals surface area contributed by atoms with Gasteiger partial charge in [0.05, 0.1) is 6.04 Å². The molecule has 1 heterocycles. The predicted molar refractivity (Wildman–Crippen MR) is 74.8 cm³/mol. The summed E-state index contributed by atoms with van der Waals surface area (Å²) in [6.07, 6.45) is 8.08. The maximum atomic E-state index is 12.2. The molecule has 6 atom stereocenters. The van der Waals surface area contributed by atoms with Gasteiger partial charge in [-0.15, -0.1) is 0 Å². The van der Waals surface area contributed by atoms with Crippen molar-refractivity contribution in [3.63, 3.8) is 0 Å². The Kier molecular flexibility index (Phi) is 2.92. The van der Waals surface area contributed by atoms with Crippen molar-refractivity contribution >= 4 is 11.8 Å². The van der Waals surface area contributed by atoms with Gasteiger partial charge < -0.3 is 5.32 Å². The summed E-state index contributed by atoms with van der Waals surface area (Å²) >= 11 is 0. The van der Waals surface area contributed by atoms with Crippen LogP contribution in [0.25, 0.3) is 0 Å². The lowest BCUT2D eigenvalue weighted by Gasteiger charge is -2.36. The maximum Gasteiger partial charge on any atom is 0.246 e. The van der Waals surface area contributed by atoms with Crippen molar-refractivity contribution in [2.24, 2.45) is 23.7 Å². The summed E-state index contributed by atoms with van der Waals surface area (Å²) in [4.78, 5) is 25.1. The number of fused-ring (bicyclic) bond motifs is 5.